The maximum Gasteiger partial charge on any atom is 0.329 e. The van der Waals surface area contributed by atoms with Gasteiger partial charge >= 0.3 is 6.03 Å². The first kappa shape index (κ1) is 20.2. The van der Waals surface area contributed by atoms with E-state index >= 15 is 0 Å². The van der Waals surface area contributed by atoms with Crippen molar-refractivity contribution >= 4 is 23.7 Å². The number of benzene rings is 2. The summed E-state index contributed by atoms with van der Waals surface area (Å²) in [4.78, 5) is 28.8. The number of aryl methyl sites for hydroxylation is 1. The Labute approximate surface area is 178 Å². The molecule has 1 fully saturated rings. The zero-order valence-corrected chi connectivity index (χ0v) is 18.3. The lowest BCUT2D eigenvalue weighted by Crippen LogP contribution is -2.45. The normalized spacial score (nSPS) is 21.8. The summed E-state index contributed by atoms with van der Waals surface area (Å²) in [6.45, 7) is 9.05. The van der Waals surface area contributed by atoms with Crippen LogP contribution in [0.25, 0.3) is 6.08 Å². The molecule has 0 unspecified atom stereocenters. The van der Waals surface area contributed by atoms with Crippen molar-refractivity contribution < 1.29 is 9.59 Å². The summed E-state index contributed by atoms with van der Waals surface area (Å²) in [7, 11) is 2.13. The van der Waals surface area contributed by atoms with E-state index in [1.165, 1.54) is 16.2 Å². The Hall–Kier alpha value is -3.08. The molecule has 156 valence electrons. The summed E-state index contributed by atoms with van der Waals surface area (Å²) in [5.41, 5.74) is 5.94. The molecule has 0 aliphatic carbocycles. The number of amides is 3. The number of nitrogens with zero attached hydrogens (tertiary/aromatic N) is 2. The number of urea groups is 1. The second-order valence-electron chi connectivity index (χ2n) is 9.16. The summed E-state index contributed by atoms with van der Waals surface area (Å²) in [6, 6.07) is 13.7. The fourth-order valence-corrected chi connectivity index (χ4v) is 4.44. The van der Waals surface area contributed by atoms with Gasteiger partial charge in [0.05, 0.1) is 6.54 Å². The van der Waals surface area contributed by atoms with Gasteiger partial charge in [0.1, 0.15) is 5.70 Å². The van der Waals surface area contributed by atoms with E-state index in [1.807, 2.05) is 37.3 Å². The van der Waals surface area contributed by atoms with Gasteiger partial charge in [0.15, 0.2) is 0 Å². The van der Waals surface area contributed by atoms with Gasteiger partial charge in [-0.25, -0.2) is 4.79 Å². The Balaban J connectivity index is 1.58. The van der Waals surface area contributed by atoms with Crippen molar-refractivity contribution in [3.63, 3.8) is 0 Å². The topological polar surface area (TPSA) is 52.7 Å². The molecular weight excluding hydrogens is 374 g/mol. The van der Waals surface area contributed by atoms with Crippen LogP contribution in [-0.4, -0.2) is 29.4 Å². The number of imide groups is 1. The number of rotatable bonds is 3. The summed E-state index contributed by atoms with van der Waals surface area (Å²) in [5, 5.41) is 2.74. The fourth-order valence-electron chi connectivity index (χ4n) is 4.44. The lowest BCUT2D eigenvalue weighted by atomic mass is 9.80. The SMILES string of the molecule is Cc1ccc(CN2C(=O)N/C(=C\c3ccc4c(c3)[C@@H](C)CC(C)(C)N4C)C2=O)cc1. The number of nitrogens with one attached hydrogen (secondary N) is 1. The summed E-state index contributed by atoms with van der Waals surface area (Å²) in [5.74, 6) is 0.140. The number of anilines is 1. The molecule has 4 rings (SSSR count). The third kappa shape index (κ3) is 3.60. The maximum atomic E-state index is 12.8. The van der Waals surface area contributed by atoms with Crippen LogP contribution in [0.15, 0.2) is 48.2 Å². The van der Waals surface area contributed by atoms with Gasteiger partial charge in [-0.3, -0.25) is 9.69 Å². The Kier molecular flexibility index (Phi) is 4.92. The second kappa shape index (κ2) is 7.31. The average Bonchev–Trinajstić information content (AvgIpc) is 2.95. The molecule has 0 spiro atoms. The molecule has 0 bridgehead atoms. The Morgan fingerprint density at radius 2 is 1.83 bits per heavy atom. The van der Waals surface area contributed by atoms with Crippen LogP contribution in [0.5, 0.6) is 0 Å². The highest BCUT2D eigenvalue weighted by molar-refractivity contribution is 6.13. The van der Waals surface area contributed by atoms with Gasteiger partial charge in [-0.1, -0.05) is 42.8 Å². The van der Waals surface area contributed by atoms with Crippen molar-refractivity contribution in [3.8, 4) is 0 Å². The molecule has 0 aromatic heterocycles. The predicted molar refractivity (Wildman–Crippen MR) is 120 cm³/mol. The highest BCUT2D eigenvalue weighted by Crippen LogP contribution is 2.42. The zero-order valence-electron chi connectivity index (χ0n) is 18.3. The van der Waals surface area contributed by atoms with Crippen LogP contribution in [0.4, 0.5) is 10.5 Å². The Morgan fingerprint density at radius 3 is 2.53 bits per heavy atom. The van der Waals surface area contributed by atoms with Gasteiger partial charge in [0.25, 0.3) is 5.91 Å². The molecule has 2 aromatic rings. The molecule has 3 amide bonds. The molecule has 1 N–H and O–H groups in total. The van der Waals surface area contributed by atoms with Crippen molar-refractivity contribution in [2.45, 2.75) is 52.1 Å². The zero-order chi connectivity index (χ0) is 21.6. The predicted octanol–water partition coefficient (Wildman–Crippen LogP) is 4.81. The molecular formula is C25H29N3O2. The minimum Gasteiger partial charge on any atom is -0.369 e. The van der Waals surface area contributed by atoms with Crippen LogP contribution < -0.4 is 10.2 Å². The van der Waals surface area contributed by atoms with Crippen LogP contribution in [0.3, 0.4) is 0 Å². The van der Waals surface area contributed by atoms with E-state index in [9.17, 15) is 9.59 Å². The maximum absolute atomic E-state index is 12.8. The minimum atomic E-state index is -0.375. The molecule has 5 nitrogen and oxygen atoms in total. The first-order valence-electron chi connectivity index (χ1n) is 10.4. The highest BCUT2D eigenvalue weighted by atomic mass is 16.2. The van der Waals surface area contributed by atoms with Gasteiger partial charge in [-0.15, -0.1) is 0 Å². The molecule has 2 heterocycles. The standard InChI is InChI=1S/C25H29N3O2/c1-16-6-8-18(9-7-16)15-28-23(29)21(26-24(28)30)13-19-10-11-22-20(12-19)17(2)14-25(3,4)27(22)5/h6-13,17H,14-15H2,1-5H3,(H,26,30)/b21-13-/t17-/m0/s1. The molecule has 0 radical (unpaired) electrons. The van der Waals surface area contributed by atoms with Crippen molar-refractivity contribution in [1.29, 1.82) is 0 Å². The average molecular weight is 404 g/mol. The van der Waals surface area contributed by atoms with E-state index in [2.05, 4.69) is 50.2 Å². The van der Waals surface area contributed by atoms with Gasteiger partial charge in [-0.05, 0) is 68.0 Å². The van der Waals surface area contributed by atoms with E-state index < -0.39 is 0 Å². The Bertz CT molecular complexity index is 1040. The molecule has 2 aromatic carbocycles. The number of hydrogen-bond acceptors (Lipinski definition) is 3. The van der Waals surface area contributed by atoms with Crippen LogP contribution in [0.1, 0.15) is 55.4 Å². The van der Waals surface area contributed by atoms with Crippen molar-refractivity contribution in [2.24, 2.45) is 0 Å². The Morgan fingerprint density at radius 1 is 1.13 bits per heavy atom. The number of fused-ring (bicyclic) bond motifs is 1. The third-order valence-corrected chi connectivity index (χ3v) is 6.39. The lowest BCUT2D eigenvalue weighted by molar-refractivity contribution is -0.123. The molecule has 30 heavy (non-hydrogen) atoms. The monoisotopic (exact) mass is 403 g/mol. The molecule has 0 saturated carbocycles. The molecule has 1 atom stereocenters. The molecule has 5 heteroatoms. The number of carbonyl (C=O) groups is 2. The first-order chi connectivity index (χ1) is 14.2. The second-order valence-corrected chi connectivity index (χ2v) is 9.16. The van der Waals surface area contributed by atoms with Crippen molar-refractivity contribution in [1.82, 2.24) is 10.2 Å². The van der Waals surface area contributed by atoms with Gasteiger partial charge < -0.3 is 10.2 Å². The molecule has 1 saturated heterocycles. The van der Waals surface area contributed by atoms with Crippen molar-refractivity contribution in [2.75, 3.05) is 11.9 Å². The summed E-state index contributed by atoms with van der Waals surface area (Å²) in [6.07, 6.45) is 2.85. The largest absolute Gasteiger partial charge is 0.369 e. The van der Waals surface area contributed by atoms with E-state index in [1.54, 1.807) is 6.08 Å². The van der Waals surface area contributed by atoms with E-state index in [0.29, 0.717) is 11.6 Å². The van der Waals surface area contributed by atoms with Crippen molar-refractivity contribution in [3.05, 3.63) is 70.4 Å². The van der Waals surface area contributed by atoms with Crippen LogP contribution >= 0.6 is 0 Å². The summed E-state index contributed by atoms with van der Waals surface area (Å²) < 4.78 is 0. The molecule has 2 aliphatic heterocycles. The molecule has 2 aliphatic rings. The van der Waals surface area contributed by atoms with Gasteiger partial charge in [0.2, 0.25) is 0 Å². The number of hydrogen-bond donors (Lipinski definition) is 1. The fraction of sp³-hybridized carbons (Fsp3) is 0.360. The first-order valence-corrected chi connectivity index (χ1v) is 10.4. The van der Waals surface area contributed by atoms with E-state index in [4.69, 9.17) is 0 Å². The van der Waals surface area contributed by atoms with Crippen LogP contribution in [0.2, 0.25) is 0 Å². The lowest BCUT2D eigenvalue weighted by Gasteiger charge is -2.45. The quantitative estimate of drug-likeness (QED) is 0.591. The minimum absolute atomic E-state index is 0.109. The number of carbonyl (C=O) groups excluding carboxylic acids is 2. The van der Waals surface area contributed by atoms with Gasteiger partial charge in [-0.2, -0.15) is 0 Å². The van der Waals surface area contributed by atoms with E-state index in [-0.39, 0.29) is 24.0 Å². The van der Waals surface area contributed by atoms with Crippen LogP contribution in [0, 0.1) is 6.92 Å². The van der Waals surface area contributed by atoms with Gasteiger partial charge in [0, 0.05) is 18.3 Å². The summed E-state index contributed by atoms with van der Waals surface area (Å²) >= 11 is 0. The third-order valence-electron chi connectivity index (χ3n) is 6.39. The van der Waals surface area contributed by atoms with Crippen LogP contribution in [-0.2, 0) is 11.3 Å². The highest BCUT2D eigenvalue weighted by Gasteiger charge is 2.35. The van der Waals surface area contributed by atoms with E-state index in [0.717, 1.165) is 23.1 Å². The smallest absolute Gasteiger partial charge is 0.329 e.